The minimum atomic E-state index is 0.219. The van der Waals surface area contributed by atoms with Crippen molar-refractivity contribution in [2.45, 2.75) is 0 Å². The van der Waals surface area contributed by atoms with Gasteiger partial charge in [0, 0.05) is 4.47 Å². The molecular formula is C9H8BrN3O. The molecular weight excluding hydrogens is 246 g/mol. The molecule has 2 N–H and O–H groups in total. The van der Waals surface area contributed by atoms with Crippen LogP contribution in [0.15, 0.2) is 22.7 Å². The Labute approximate surface area is 89.2 Å². The molecule has 0 radical (unpaired) electrons. The van der Waals surface area contributed by atoms with Crippen LogP contribution in [0.1, 0.15) is 0 Å². The van der Waals surface area contributed by atoms with Crippen molar-refractivity contribution in [3.05, 3.63) is 22.7 Å². The molecule has 0 bridgehead atoms. The van der Waals surface area contributed by atoms with E-state index < -0.39 is 0 Å². The molecule has 0 spiro atoms. The van der Waals surface area contributed by atoms with Gasteiger partial charge in [-0.3, -0.25) is 0 Å². The van der Waals surface area contributed by atoms with Crippen LogP contribution in [0.5, 0.6) is 5.88 Å². The second kappa shape index (κ2) is 3.42. The van der Waals surface area contributed by atoms with Gasteiger partial charge >= 0.3 is 0 Å². The summed E-state index contributed by atoms with van der Waals surface area (Å²) in [6.45, 7) is 0. The number of aromatic nitrogens is 2. The summed E-state index contributed by atoms with van der Waals surface area (Å²) in [5.74, 6) is 0.713. The fourth-order valence-corrected chi connectivity index (χ4v) is 1.61. The van der Waals surface area contributed by atoms with Gasteiger partial charge < -0.3 is 10.5 Å². The highest BCUT2D eigenvalue weighted by Crippen LogP contribution is 2.25. The topological polar surface area (TPSA) is 61.0 Å². The normalized spacial score (nSPS) is 10.4. The highest BCUT2D eigenvalue weighted by Gasteiger charge is 2.06. The van der Waals surface area contributed by atoms with Crippen LogP contribution < -0.4 is 10.5 Å². The molecule has 5 heteroatoms. The van der Waals surface area contributed by atoms with Crippen LogP contribution in [0.25, 0.3) is 10.9 Å². The van der Waals surface area contributed by atoms with Crippen LogP contribution in [0.3, 0.4) is 0 Å². The largest absolute Gasteiger partial charge is 0.480 e. The van der Waals surface area contributed by atoms with E-state index in [1.165, 1.54) is 0 Å². The third kappa shape index (κ3) is 1.50. The molecule has 1 aromatic carbocycles. The lowest BCUT2D eigenvalue weighted by Gasteiger charge is -2.04. The Bertz CT molecular complexity index is 487. The van der Waals surface area contributed by atoms with Gasteiger partial charge in [0.25, 0.3) is 0 Å². The highest BCUT2D eigenvalue weighted by molar-refractivity contribution is 9.10. The Morgan fingerprint density at radius 3 is 2.86 bits per heavy atom. The van der Waals surface area contributed by atoms with Gasteiger partial charge in [0.15, 0.2) is 0 Å². The number of hydrogen-bond donors (Lipinski definition) is 1. The molecule has 0 saturated carbocycles. The molecule has 4 nitrogen and oxygen atoms in total. The Morgan fingerprint density at radius 2 is 2.14 bits per heavy atom. The molecule has 0 aliphatic rings. The van der Waals surface area contributed by atoms with Crippen molar-refractivity contribution in [1.82, 2.24) is 9.97 Å². The highest BCUT2D eigenvalue weighted by atomic mass is 79.9. The molecule has 0 unspecified atom stereocenters. The number of nitrogens with zero attached hydrogens (tertiary/aromatic N) is 2. The average molecular weight is 254 g/mol. The number of halogens is 1. The Balaban J connectivity index is 2.81. The summed E-state index contributed by atoms with van der Waals surface area (Å²) in [5, 5.41) is 0.844. The number of anilines is 1. The summed E-state index contributed by atoms with van der Waals surface area (Å²) in [5.41, 5.74) is 6.30. The van der Waals surface area contributed by atoms with Crippen molar-refractivity contribution in [2.75, 3.05) is 12.8 Å². The Kier molecular flexibility index (Phi) is 2.25. The van der Waals surface area contributed by atoms with Gasteiger partial charge in [-0.25, -0.2) is 4.98 Å². The third-order valence-corrected chi connectivity index (χ3v) is 2.33. The Morgan fingerprint density at radius 1 is 1.36 bits per heavy atom. The smallest absolute Gasteiger partial charge is 0.226 e. The minimum Gasteiger partial charge on any atom is -0.480 e. The molecule has 0 aliphatic heterocycles. The van der Waals surface area contributed by atoms with Gasteiger partial charge in [0.1, 0.15) is 0 Å². The fraction of sp³-hybridized carbons (Fsp3) is 0.111. The third-order valence-electron chi connectivity index (χ3n) is 1.83. The van der Waals surface area contributed by atoms with Gasteiger partial charge in [0.2, 0.25) is 11.8 Å². The van der Waals surface area contributed by atoms with E-state index in [-0.39, 0.29) is 5.95 Å². The van der Waals surface area contributed by atoms with Gasteiger partial charge in [-0.1, -0.05) is 15.9 Å². The molecule has 2 rings (SSSR count). The summed E-state index contributed by atoms with van der Waals surface area (Å²) in [6, 6.07) is 5.65. The number of nitrogens with two attached hydrogens (primary N) is 1. The quantitative estimate of drug-likeness (QED) is 0.845. The van der Waals surface area contributed by atoms with Gasteiger partial charge in [0.05, 0.1) is 18.0 Å². The van der Waals surface area contributed by atoms with E-state index in [0.29, 0.717) is 5.88 Å². The number of ether oxygens (including phenoxy) is 1. The first-order valence-electron chi connectivity index (χ1n) is 3.97. The van der Waals surface area contributed by atoms with Gasteiger partial charge in [-0.2, -0.15) is 4.98 Å². The number of methoxy groups -OCH3 is 1. The predicted molar refractivity (Wildman–Crippen MR) is 58.2 cm³/mol. The number of rotatable bonds is 1. The van der Waals surface area contributed by atoms with Crippen molar-refractivity contribution >= 4 is 32.8 Å². The first-order chi connectivity index (χ1) is 6.70. The SMILES string of the molecule is COc1nc(N)nc2ccc(Br)cc12. The monoisotopic (exact) mass is 253 g/mol. The van der Waals surface area contributed by atoms with Crippen molar-refractivity contribution < 1.29 is 4.74 Å². The van der Waals surface area contributed by atoms with Crippen LogP contribution in [-0.4, -0.2) is 17.1 Å². The first-order valence-corrected chi connectivity index (χ1v) is 4.77. The van der Waals surface area contributed by atoms with E-state index in [4.69, 9.17) is 10.5 Å². The number of benzene rings is 1. The molecule has 0 fully saturated rings. The van der Waals surface area contributed by atoms with Crippen LogP contribution in [0.4, 0.5) is 5.95 Å². The maximum atomic E-state index is 5.52. The number of nitrogen functional groups attached to an aromatic ring is 1. The minimum absolute atomic E-state index is 0.219. The summed E-state index contributed by atoms with van der Waals surface area (Å²) >= 11 is 3.37. The van der Waals surface area contributed by atoms with E-state index >= 15 is 0 Å². The summed E-state index contributed by atoms with van der Waals surface area (Å²) in [4.78, 5) is 8.08. The molecule has 1 heterocycles. The maximum Gasteiger partial charge on any atom is 0.226 e. The van der Waals surface area contributed by atoms with Gasteiger partial charge in [-0.15, -0.1) is 0 Å². The molecule has 72 valence electrons. The lowest BCUT2D eigenvalue weighted by atomic mass is 10.2. The summed E-state index contributed by atoms with van der Waals surface area (Å²) in [7, 11) is 1.56. The molecule has 0 saturated heterocycles. The second-order valence-corrected chi connectivity index (χ2v) is 3.67. The lowest BCUT2D eigenvalue weighted by Crippen LogP contribution is -1.98. The summed E-state index contributed by atoms with van der Waals surface area (Å²) < 4.78 is 6.07. The van der Waals surface area contributed by atoms with Gasteiger partial charge in [-0.05, 0) is 18.2 Å². The number of fused-ring (bicyclic) bond motifs is 1. The van der Waals surface area contributed by atoms with Crippen molar-refractivity contribution in [3.8, 4) is 5.88 Å². The predicted octanol–water partition coefficient (Wildman–Crippen LogP) is 1.98. The second-order valence-electron chi connectivity index (χ2n) is 2.75. The lowest BCUT2D eigenvalue weighted by molar-refractivity contribution is 0.403. The van der Waals surface area contributed by atoms with Crippen LogP contribution >= 0.6 is 15.9 Å². The van der Waals surface area contributed by atoms with Crippen LogP contribution in [0.2, 0.25) is 0 Å². The average Bonchev–Trinajstić information content (AvgIpc) is 2.17. The number of hydrogen-bond acceptors (Lipinski definition) is 4. The van der Waals surface area contributed by atoms with E-state index in [9.17, 15) is 0 Å². The van der Waals surface area contributed by atoms with Crippen molar-refractivity contribution in [3.63, 3.8) is 0 Å². The van der Waals surface area contributed by atoms with E-state index in [2.05, 4.69) is 25.9 Å². The standard InChI is InChI=1S/C9H8BrN3O/c1-14-8-6-4-5(10)2-3-7(6)12-9(11)13-8/h2-4H,1H3,(H2,11,12,13). The molecule has 1 aromatic heterocycles. The van der Waals surface area contributed by atoms with Crippen LogP contribution in [0, 0.1) is 0 Å². The van der Waals surface area contributed by atoms with Crippen molar-refractivity contribution in [2.24, 2.45) is 0 Å². The molecule has 0 amide bonds. The van der Waals surface area contributed by atoms with Crippen molar-refractivity contribution in [1.29, 1.82) is 0 Å². The molecule has 2 aromatic rings. The molecule has 0 aliphatic carbocycles. The Hall–Kier alpha value is -1.36. The zero-order valence-electron chi connectivity index (χ0n) is 7.49. The van der Waals surface area contributed by atoms with E-state index in [1.54, 1.807) is 7.11 Å². The van der Waals surface area contributed by atoms with E-state index in [0.717, 1.165) is 15.4 Å². The summed E-state index contributed by atoms with van der Waals surface area (Å²) in [6.07, 6.45) is 0. The fourth-order valence-electron chi connectivity index (χ4n) is 1.25. The van der Waals surface area contributed by atoms with E-state index in [1.807, 2.05) is 18.2 Å². The molecule has 14 heavy (non-hydrogen) atoms. The van der Waals surface area contributed by atoms with Crippen LogP contribution in [-0.2, 0) is 0 Å². The zero-order valence-corrected chi connectivity index (χ0v) is 9.08. The molecule has 0 atom stereocenters. The first kappa shape index (κ1) is 9.21. The maximum absolute atomic E-state index is 5.52. The zero-order chi connectivity index (χ0) is 10.1.